The second-order valence-electron chi connectivity index (χ2n) is 5.66. The molecule has 1 aromatic rings. The molecule has 0 spiro atoms. The topological polar surface area (TPSA) is 60.9 Å². The first-order chi connectivity index (χ1) is 9.90. The molecule has 0 saturated heterocycles. The molecule has 1 atom stereocenters. The van der Waals surface area contributed by atoms with Crippen molar-refractivity contribution in [1.82, 2.24) is 4.90 Å². The number of aliphatic hydroxyl groups is 1. The van der Waals surface area contributed by atoms with E-state index in [9.17, 15) is 14.7 Å². The summed E-state index contributed by atoms with van der Waals surface area (Å²) in [5.41, 5.74) is 2.55. The van der Waals surface area contributed by atoms with Gasteiger partial charge in [0.25, 0.3) is 5.91 Å². The van der Waals surface area contributed by atoms with Crippen LogP contribution in [-0.4, -0.2) is 48.6 Å². The average molecular weight is 290 g/mol. The van der Waals surface area contributed by atoms with E-state index < -0.39 is 6.10 Å². The Bertz CT molecular complexity index is 554. The lowest BCUT2D eigenvalue weighted by molar-refractivity contribution is -0.118. The molecule has 1 heterocycles. The highest BCUT2D eigenvalue weighted by atomic mass is 16.3. The SMILES string of the molecule is CC(O)CCN(C)C(=O)c1ccc2c(c1)CCC(=O)N2C. The van der Waals surface area contributed by atoms with Crippen molar-refractivity contribution in [1.29, 1.82) is 0 Å². The Morgan fingerprint density at radius 3 is 2.81 bits per heavy atom. The highest BCUT2D eigenvalue weighted by Crippen LogP contribution is 2.27. The van der Waals surface area contributed by atoms with Crippen molar-refractivity contribution in [2.75, 3.05) is 25.5 Å². The molecule has 2 amide bonds. The summed E-state index contributed by atoms with van der Waals surface area (Å²) in [6.45, 7) is 2.23. The smallest absolute Gasteiger partial charge is 0.253 e. The highest BCUT2D eigenvalue weighted by molar-refractivity contribution is 5.98. The molecule has 21 heavy (non-hydrogen) atoms. The van der Waals surface area contributed by atoms with E-state index in [4.69, 9.17) is 0 Å². The lowest BCUT2D eigenvalue weighted by atomic mass is 9.98. The number of hydrogen-bond acceptors (Lipinski definition) is 3. The molecular formula is C16H22N2O3. The van der Waals surface area contributed by atoms with Crippen molar-refractivity contribution in [3.8, 4) is 0 Å². The monoisotopic (exact) mass is 290 g/mol. The molecule has 1 aliphatic heterocycles. The number of benzene rings is 1. The molecule has 1 N–H and O–H groups in total. The Kier molecular flexibility index (Phi) is 4.63. The molecule has 5 heteroatoms. The van der Waals surface area contributed by atoms with Crippen molar-refractivity contribution >= 4 is 17.5 Å². The van der Waals surface area contributed by atoms with Crippen LogP contribution in [0.25, 0.3) is 0 Å². The second-order valence-corrected chi connectivity index (χ2v) is 5.66. The number of carbonyl (C=O) groups excluding carboxylic acids is 2. The van der Waals surface area contributed by atoms with Gasteiger partial charge >= 0.3 is 0 Å². The maximum absolute atomic E-state index is 12.4. The van der Waals surface area contributed by atoms with Gasteiger partial charge in [0, 0.05) is 38.3 Å². The van der Waals surface area contributed by atoms with Crippen LogP contribution in [0.1, 0.15) is 35.7 Å². The van der Waals surface area contributed by atoms with Crippen molar-refractivity contribution in [2.45, 2.75) is 32.3 Å². The summed E-state index contributed by atoms with van der Waals surface area (Å²) in [6.07, 6.45) is 1.31. The van der Waals surface area contributed by atoms with E-state index in [1.54, 1.807) is 36.9 Å². The second kappa shape index (κ2) is 6.26. The predicted octanol–water partition coefficient (Wildman–Crippen LogP) is 1.44. The lowest BCUT2D eigenvalue weighted by Gasteiger charge is -2.26. The van der Waals surface area contributed by atoms with E-state index >= 15 is 0 Å². The largest absolute Gasteiger partial charge is 0.393 e. The molecule has 2 rings (SSSR count). The van der Waals surface area contributed by atoms with Crippen LogP contribution in [0.4, 0.5) is 5.69 Å². The van der Waals surface area contributed by atoms with Crippen molar-refractivity contribution in [2.24, 2.45) is 0 Å². The van der Waals surface area contributed by atoms with E-state index in [0.29, 0.717) is 31.4 Å². The molecule has 0 aromatic heterocycles. The molecule has 0 radical (unpaired) electrons. The molecule has 0 saturated carbocycles. The minimum atomic E-state index is -0.413. The Morgan fingerprint density at radius 2 is 2.14 bits per heavy atom. The Morgan fingerprint density at radius 1 is 1.43 bits per heavy atom. The molecule has 114 valence electrons. The van der Waals surface area contributed by atoms with E-state index in [2.05, 4.69) is 0 Å². The molecule has 0 fully saturated rings. The summed E-state index contributed by atoms with van der Waals surface area (Å²) < 4.78 is 0. The van der Waals surface area contributed by atoms with Crippen molar-refractivity contribution in [3.63, 3.8) is 0 Å². The van der Waals surface area contributed by atoms with Crippen LogP contribution in [0, 0.1) is 0 Å². The number of aryl methyl sites for hydroxylation is 1. The minimum absolute atomic E-state index is 0.0574. The zero-order valence-electron chi connectivity index (χ0n) is 12.8. The number of amides is 2. The van der Waals surface area contributed by atoms with Crippen LogP contribution in [0.2, 0.25) is 0 Å². The van der Waals surface area contributed by atoms with Crippen molar-refractivity contribution in [3.05, 3.63) is 29.3 Å². The van der Waals surface area contributed by atoms with Gasteiger partial charge in [0.2, 0.25) is 5.91 Å². The molecule has 0 bridgehead atoms. The molecule has 1 unspecified atom stereocenters. The van der Waals surface area contributed by atoms with Crippen LogP contribution >= 0.6 is 0 Å². The molecular weight excluding hydrogens is 268 g/mol. The number of anilines is 1. The zero-order chi connectivity index (χ0) is 15.6. The number of fused-ring (bicyclic) bond motifs is 1. The number of rotatable bonds is 4. The van der Waals surface area contributed by atoms with Gasteiger partial charge in [-0.1, -0.05) is 0 Å². The number of aliphatic hydroxyl groups excluding tert-OH is 1. The van der Waals surface area contributed by atoms with Gasteiger partial charge in [0.05, 0.1) is 6.10 Å². The number of hydrogen-bond donors (Lipinski definition) is 1. The summed E-state index contributed by atoms with van der Waals surface area (Å²) in [5, 5.41) is 9.29. The summed E-state index contributed by atoms with van der Waals surface area (Å²) in [5.74, 6) is 0.0497. The standard InChI is InChI=1S/C16H22N2O3/c1-11(19)8-9-17(2)16(21)13-4-6-14-12(10-13)5-7-15(20)18(14)3/h4,6,10-11,19H,5,7-9H2,1-3H3. The van der Waals surface area contributed by atoms with Gasteiger partial charge in [-0.15, -0.1) is 0 Å². The third kappa shape index (κ3) is 3.42. The summed E-state index contributed by atoms with van der Waals surface area (Å²) in [7, 11) is 3.50. The molecule has 1 aromatic carbocycles. The van der Waals surface area contributed by atoms with Crippen LogP contribution in [0.3, 0.4) is 0 Å². The van der Waals surface area contributed by atoms with E-state index in [0.717, 1.165) is 11.3 Å². The lowest BCUT2D eigenvalue weighted by Crippen LogP contribution is -2.32. The zero-order valence-corrected chi connectivity index (χ0v) is 12.8. The van der Waals surface area contributed by atoms with Gasteiger partial charge in [-0.25, -0.2) is 0 Å². The third-order valence-corrected chi connectivity index (χ3v) is 3.90. The van der Waals surface area contributed by atoms with Gasteiger partial charge in [-0.2, -0.15) is 0 Å². The average Bonchev–Trinajstić information content (AvgIpc) is 2.47. The highest BCUT2D eigenvalue weighted by Gasteiger charge is 2.22. The third-order valence-electron chi connectivity index (χ3n) is 3.90. The fourth-order valence-corrected chi connectivity index (χ4v) is 2.49. The maximum atomic E-state index is 12.4. The molecule has 1 aliphatic rings. The molecule has 5 nitrogen and oxygen atoms in total. The number of nitrogens with zero attached hydrogens (tertiary/aromatic N) is 2. The summed E-state index contributed by atoms with van der Waals surface area (Å²) in [6, 6.07) is 5.47. The van der Waals surface area contributed by atoms with Gasteiger partial charge in [0.1, 0.15) is 0 Å². The Labute approximate surface area is 125 Å². The van der Waals surface area contributed by atoms with E-state index in [-0.39, 0.29) is 11.8 Å². The van der Waals surface area contributed by atoms with Crippen LogP contribution < -0.4 is 4.90 Å². The van der Waals surface area contributed by atoms with Gasteiger partial charge < -0.3 is 14.9 Å². The first kappa shape index (κ1) is 15.5. The minimum Gasteiger partial charge on any atom is -0.393 e. The fourth-order valence-electron chi connectivity index (χ4n) is 2.49. The Balaban J connectivity index is 2.15. The fraction of sp³-hybridized carbons (Fsp3) is 0.500. The first-order valence-electron chi connectivity index (χ1n) is 7.23. The maximum Gasteiger partial charge on any atom is 0.253 e. The molecule has 0 aliphatic carbocycles. The van der Waals surface area contributed by atoms with Gasteiger partial charge in [-0.3, -0.25) is 9.59 Å². The normalized spacial score (nSPS) is 15.6. The van der Waals surface area contributed by atoms with E-state index in [1.165, 1.54) is 0 Å². The van der Waals surface area contributed by atoms with E-state index in [1.807, 2.05) is 12.1 Å². The van der Waals surface area contributed by atoms with Gasteiger partial charge in [-0.05, 0) is 43.5 Å². The Hall–Kier alpha value is -1.88. The van der Waals surface area contributed by atoms with Crippen LogP contribution in [-0.2, 0) is 11.2 Å². The van der Waals surface area contributed by atoms with Gasteiger partial charge in [0.15, 0.2) is 0 Å². The predicted molar refractivity (Wildman–Crippen MR) is 81.4 cm³/mol. The number of carbonyl (C=O) groups is 2. The van der Waals surface area contributed by atoms with Crippen LogP contribution in [0.15, 0.2) is 18.2 Å². The van der Waals surface area contributed by atoms with Crippen LogP contribution in [0.5, 0.6) is 0 Å². The summed E-state index contributed by atoms with van der Waals surface area (Å²) >= 11 is 0. The summed E-state index contributed by atoms with van der Waals surface area (Å²) in [4.78, 5) is 27.3. The first-order valence-corrected chi connectivity index (χ1v) is 7.23. The quantitative estimate of drug-likeness (QED) is 0.912. The van der Waals surface area contributed by atoms with Crippen molar-refractivity contribution < 1.29 is 14.7 Å².